The molecule has 0 aliphatic heterocycles. The molecular weight excluding hydrogens is 368 g/mol. The fourth-order valence-electron chi connectivity index (χ4n) is 3.30. The summed E-state index contributed by atoms with van der Waals surface area (Å²) in [6.07, 6.45) is 0. The number of nitrogens with zero attached hydrogens (tertiary/aromatic N) is 1. The molecule has 0 atom stereocenters. The van der Waals surface area contributed by atoms with E-state index in [0.29, 0.717) is 10.6 Å². The van der Waals surface area contributed by atoms with E-state index >= 15 is 0 Å². The molecule has 4 aromatic rings. The molecule has 0 saturated heterocycles. The van der Waals surface area contributed by atoms with E-state index in [1.54, 1.807) is 0 Å². The highest BCUT2D eigenvalue weighted by atomic mass is 35.5. The molecule has 138 valence electrons. The lowest BCUT2D eigenvalue weighted by molar-refractivity contribution is 0.102. The molecule has 0 unspecified atom stereocenters. The average molecular weight is 387 g/mol. The Morgan fingerprint density at radius 2 is 1.46 bits per heavy atom. The van der Waals surface area contributed by atoms with Crippen LogP contribution in [0.1, 0.15) is 16.1 Å². The topological polar surface area (TPSA) is 34.0 Å². The van der Waals surface area contributed by atoms with Crippen LogP contribution in [0.5, 0.6) is 0 Å². The number of amides is 1. The minimum Gasteiger partial charge on any atom is -0.322 e. The highest BCUT2D eigenvalue weighted by Crippen LogP contribution is 2.30. The number of nitrogens with one attached hydrogen (secondary N) is 1. The van der Waals surface area contributed by atoms with Gasteiger partial charge in [-0.1, -0.05) is 60.1 Å². The Kier molecular flexibility index (Phi) is 5.00. The molecule has 28 heavy (non-hydrogen) atoms. The maximum absolute atomic E-state index is 13.0. The highest BCUT2D eigenvalue weighted by molar-refractivity contribution is 6.30. The summed E-state index contributed by atoms with van der Waals surface area (Å²) in [6, 6.07) is 29.1. The van der Waals surface area contributed by atoms with Crippen molar-refractivity contribution < 1.29 is 4.79 Å². The van der Waals surface area contributed by atoms with Crippen molar-refractivity contribution in [3.05, 3.63) is 107 Å². The van der Waals surface area contributed by atoms with Gasteiger partial charge in [-0.2, -0.15) is 0 Å². The van der Waals surface area contributed by atoms with Gasteiger partial charge in [0.1, 0.15) is 0 Å². The molecule has 0 saturated carbocycles. The minimum atomic E-state index is -0.131. The molecule has 0 spiro atoms. The SMILES string of the molecule is Cc1c(C(=O)Nc2ccccc2)cc(-c2ccccc2)n1-c1ccc(Cl)cc1. The molecule has 4 rings (SSSR count). The number of benzene rings is 3. The molecule has 0 radical (unpaired) electrons. The third kappa shape index (κ3) is 3.57. The highest BCUT2D eigenvalue weighted by Gasteiger charge is 2.19. The van der Waals surface area contributed by atoms with E-state index in [-0.39, 0.29) is 5.91 Å². The third-order valence-electron chi connectivity index (χ3n) is 4.68. The summed E-state index contributed by atoms with van der Waals surface area (Å²) in [5, 5.41) is 3.66. The van der Waals surface area contributed by atoms with Crippen molar-refractivity contribution in [1.82, 2.24) is 4.57 Å². The van der Waals surface area contributed by atoms with Crippen LogP contribution in [0.2, 0.25) is 5.02 Å². The fourth-order valence-corrected chi connectivity index (χ4v) is 3.43. The maximum Gasteiger partial charge on any atom is 0.257 e. The van der Waals surface area contributed by atoms with Crippen LogP contribution < -0.4 is 5.32 Å². The van der Waals surface area contributed by atoms with Crippen molar-refractivity contribution in [3.8, 4) is 16.9 Å². The first-order valence-electron chi connectivity index (χ1n) is 9.03. The van der Waals surface area contributed by atoms with E-state index in [0.717, 1.165) is 28.3 Å². The van der Waals surface area contributed by atoms with Crippen molar-refractivity contribution in [2.24, 2.45) is 0 Å². The van der Waals surface area contributed by atoms with Gasteiger partial charge in [0.2, 0.25) is 0 Å². The number of anilines is 1. The van der Waals surface area contributed by atoms with Crippen molar-refractivity contribution in [2.75, 3.05) is 5.32 Å². The average Bonchev–Trinajstić information content (AvgIpc) is 3.07. The summed E-state index contributed by atoms with van der Waals surface area (Å²) in [5.41, 5.74) is 5.23. The summed E-state index contributed by atoms with van der Waals surface area (Å²) >= 11 is 6.07. The summed E-state index contributed by atoms with van der Waals surface area (Å²) in [7, 11) is 0. The second-order valence-electron chi connectivity index (χ2n) is 6.53. The van der Waals surface area contributed by atoms with Gasteiger partial charge in [-0.3, -0.25) is 4.79 Å². The molecule has 4 heteroatoms. The van der Waals surface area contributed by atoms with Crippen LogP contribution in [0, 0.1) is 6.92 Å². The fraction of sp³-hybridized carbons (Fsp3) is 0.0417. The van der Waals surface area contributed by atoms with Crippen LogP contribution in [0.4, 0.5) is 5.69 Å². The molecule has 1 heterocycles. The summed E-state index contributed by atoms with van der Waals surface area (Å²) in [6.45, 7) is 1.96. The molecule has 1 amide bonds. The molecule has 0 aliphatic carbocycles. The van der Waals surface area contributed by atoms with E-state index in [1.807, 2.05) is 97.9 Å². The lowest BCUT2D eigenvalue weighted by atomic mass is 10.1. The van der Waals surface area contributed by atoms with Gasteiger partial charge in [-0.05, 0) is 55.0 Å². The first-order valence-corrected chi connectivity index (χ1v) is 9.41. The van der Waals surface area contributed by atoms with Crippen LogP contribution in [-0.4, -0.2) is 10.5 Å². The summed E-state index contributed by atoms with van der Waals surface area (Å²) in [4.78, 5) is 13.0. The van der Waals surface area contributed by atoms with Crippen LogP contribution in [0.25, 0.3) is 16.9 Å². The lowest BCUT2D eigenvalue weighted by Crippen LogP contribution is -2.13. The molecule has 3 nitrogen and oxygen atoms in total. The van der Waals surface area contributed by atoms with Crippen molar-refractivity contribution in [3.63, 3.8) is 0 Å². The predicted molar refractivity (Wildman–Crippen MR) is 115 cm³/mol. The zero-order valence-electron chi connectivity index (χ0n) is 15.4. The third-order valence-corrected chi connectivity index (χ3v) is 4.93. The summed E-state index contributed by atoms with van der Waals surface area (Å²) in [5.74, 6) is -0.131. The van der Waals surface area contributed by atoms with Gasteiger partial charge in [0, 0.05) is 22.1 Å². The number of carbonyl (C=O) groups excluding carboxylic acids is 1. The molecule has 3 aromatic carbocycles. The van der Waals surface area contributed by atoms with Crippen LogP contribution >= 0.6 is 11.6 Å². The normalized spacial score (nSPS) is 10.6. The first kappa shape index (κ1) is 18.1. The molecule has 1 aromatic heterocycles. The Labute approximate surface area is 169 Å². The monoisotopic (exact) mass is 386 g/mol. The summed E-state index contributed by atoms with van der Waals surface area (Å²) < 4.78 is 2.09. The Balaban J connectivity index is 1.82. The number of carbonyl (C=O) groups is 1. The number of para-hydroxylation sites is 1. The molecule has 0 bridgehead atoms. The van der Waals surface area contributed by atoms with Gasteiger partial charge in [-0.15, -0.1) is 0 Å². The Morgan fingerprint density at radius 1 is 0.857 bits per heavy atom. The number of rotatable bonds is 4. The molecule has 0 aliphatic rings. The number of hydrogen-bond acceptors (Lipinski definition) is 1. The van der Waals surface area contributed by atoms with Gasteiger partial charge < -0.3 is 9.88 Å². The Morgan fingerprint density at radius 3 is 2.11 bits per heavy atom. The zero-order valence-corrected chi connectivity index (χ0v) is 16.1. The minimum absolute atomic E-state index is 0.131. The van der Waals surface area contributed by atoms with Gasteiger partial charge >= 0.3 is 0 Å². The second-order valence-corrected chi connectivity index (χ2v) is 6.96. The van der Waals surface area contributed by atoms with Gasteiger partial charge in [0.15, 0.2) is 0 Å². The van der Waals surface area contributed by atoms with Crippen LogP contribution in [-0.2, 0) is 0 Å². The number of aromatic nitrogens is 1. The Bertz CT molecular complexity index is 1100. The smallest absolute Gasteiger partial charge is 0.257 e. The second kappa shape index (κ2) is 7.75. The largest absolute Gasteiger partial charge is 0.322 e. The van der Waals surface area contributed by atoms with Crippen molar-refractivity contribution in [1.29, 1.82) is 0 Å². The number of hydrogen-bond donors (Lipinski definition) is 1. The van der Waals surface area contributed by atoms with Crippen molar-refractivity contribution >= 4 is 23.2 Å². The molecular formula is C24H19ClN2O. The number of halogens is 1. The molecule has 0 fully saturated rings. The van der Waals surface area contributed by atoms with E-state index in [2.05, 4.69) is 9.88 Å². The van der Waals surface area contributed by atoms with Gasteiger partial charge in [0.05, 0.1) is 11.3 Å². The predicted octanol–water partition coefficient (Wildman–Crippen LogP) is 6.36. The van der Waals surface area contributed by atoms with E-state index in [9.17, 15) is 4.79 Å². The zero-order chi connectivity index (χ0) is 19.5. The molecule has 1 N–H and O–H groups in total. The standard InChI is InChI=1S/C24H19ClN2O/c1-17-22(24(28)26-20-10-6-3-7-11-20)16-23(18-8-4-2-5-9-18)27(17)21-14-12-19(25)13-15-21/h2-16H,1H3,(H,26,28). The maximum atomic E-state index is 13.0. The van der Waals surface area contributed by atoms with Crippen LogP contribution in [0.15, 0.2) is 91.0 Å². The lowest BCUT2D eigenvalue weighted by Gasteiger charge is -2.12. The van der Waals surface area contributed by atoms with Crippen LogP contribution in [0.3, 0.4) is 0 Å². The first-order chi connectivity index (χ1) is 13.6. The van der Waals surface area contributed by atoms with Gasteiger partial charge in [0.25, 0.3) is 5.91 Å². The van der Waals surface area contributed by atoms with E-state index in [4.69, 9.17) is 11.6 Å². The van der Waals surface area contributed by atoms with Crippen molar-refractivity contribution in [2.45, 2.75) is 6.92 Å². The van der Waals surface area contributed by atoms with Gasteiger partial charge in [-0.25, -0.2) is 0 Å². The van der Waals surface area contributed by atoms with E-state index < -0.39 is 0 Å². The Hall–Kier alpha value is -3.30. The quantitative estimate of drug-likeness (QED) is 0.435. The van der Waals surface area contributed by atoms with E-state index in [1.165, 1.54) is 0 Å².